The number of rotatable bonds is 9. The van der Waals surface area contributed by atoms with Crippen LogP contribution in [0, 0.1) is 0 Å². The summed E-state index contributed by atoms with van der Waals surface area (Å²) in [6, 6.07) is 0. The van der Waals surface area contributed by atoms with Gasteiger partial charge >= 0.3 is 56.8 Å². The molecule has 30 heavy (non-hydrogen) atoms. The van der Waals surface area contributed by atoms with Gasteiger partial charge in [-0.05, 0) is 0 Å². The van der Waals surface area contributed by atoms with Crippen molar-refractivity contribution in [2.75, 3.05) is 0 Å². The molecule has 0 aromatic carbocycles. The molecule has 1 N–H and O–H groups in total. The highest BCUT2D eigenvalue weighted by molar-refractivity contribution is 7.87. The molecule has 0 aliphatic carbocycles. The third-order valence-electron chi connectivity index (χ3n) is 3.56. The molecule has 0 rings (SSSR count). The van der Waals surface area contributed by atoms with Crippen LogP contribution in [0.3, 0.4) is 0 Å². The minimum absolute atomic E-state index is 0.101. The van der Waals surface area contributed by atoms with Gasteiger partial charge in [0, 0.05) is 6.42 Å². The standard InChI is InChI=1S/C10H6F16O3S/c1-2-3(11,12)4(13,14)5(15,16)6(17,18)7(19,20)8(21,22)9(23,24)10(25,26)30(27,28)29/h2H2,1H3,(H,27,28,29). The third kappa shape index (κ3) is 3.27. The zero-order valence-corrected chi connectivity index (χ0v) is 14.2. The molecule has 0 saturated heterocycles. The molecule has 0 radical (unpaired) electrons. The van der Waals surface area contributed by atoms with Gasteiger partial charge in [0.2, 0.25) is 0 Å². The van der Waals surface area contributed by atoms with Gasteiger partial charge in [-0.3, -0.25) is 4.55 Å². The lowest BCUT2D eigenvalue weighted by molar-refractivity contribution is -0.449. The van der Waals surface area contributed by atoms with Crippen molar-refractivity contribution in [1.29, 1.82) is 0 Å². The van der Waals surface area contributed by atoms with Gasteiger partial charge in [0.25, 0.3) is 0 Å². The van der Waals surface area contributed by atoms with E-state index >= 15 is 0 Å². The van der Waals surface area contributed by atoms with Crippen molar-refractivity contribution >= 4 is 10.1 Å². The zero-order chi connectivity index (χ0) is 25.2. The first-order valence-corrected chi connectivity index (χ1v) is 7.99. The molecule has 0 unspecified atom stereocenters. The Labute approximate surface area is 154 Å². The molecule has 0 aliphatic heterocycles. The smallest absolute Gasteiger partial charge is 0.281 e. The van der Waals surface area contributed by atoms with Crippen molar-refractivity contribution < 1.29 is 83.2 Å². The summed E-state index contributed by atoms with van der Waals surface area (Å²) in [5, 5.41) is -7.77. The molecule has 0 spiro atoms. The van der Waals surface area contributed by atoms with E-state index in [1.165, 1.54) is 0 Å². The zero-order valence-electron chi connectivity index (χ0n) is 13.4. The van der Waals surface area contributed by atoms with Gasteiger partial charge in [0.05, 0.1) is 0 Å². The van der Waals surface area contributed by atoms with Crippen LogP contribution in [-0.4, -0.2) is 59.7 Å². The van der Waals surface area contributed by atoms with E-state index in [1.807, 2.05) is 0 Å². The molecule has 0 atom stereocenters. The first-order valence-electron chi connectivity index (χ1n) is 6.55. The molecule has 20 heteroatoms. The molecule has 0 saturated carbocycles. The van der Waals surface area contributed by atoms with Gasteiger partial charge in [0.1, 0.15) is 0 Å². The average molecular weight is 510 g/mol. The van der Waals surface area contributed by atoms with Crippen LogP contribution in [0.1, 0.15) is 13.3 Å². The highest BCUT2D eigenvalue weighted by Crippen LogP contribution is 2.64. The molecule has 0 aromatic rings. The Hall–Kier alpha value is -1.21. The van der Waals surface area contributed by atoms with E-state index in [0.717, 1.165) is 0 Å². The first-order chi connectivity index (χ1) is 12.6. The summed E-state index contributed by atoms with van der Waals surface area (Å²) in [6.07, 6.45) is -2.51. The van der Waals surface area contributed by atoms with Crippen molar-refractivity contribution in [2.24, 2.45) is 0 Å². The lowest BCUT2D eigenvalue weighted by atomic mass is 9.88. The number of hydrogen-bond acceptors (Lipinski definition) is 2. The van der Waals surface area contributed by atoms with Crippen LogP contribution < -0.4 is 0 Å². The van der Waals surface area contributed by atoms with Gasteiger partial charge in [-0.15, -0.1) is 0 Å². The summed E-state index contributed by atoms with van der Waals surface area (Å²) < 4.78 is 237. The molecule has 0 aliphatic rings. The Morgan fingerprint density at radius 2 is 0.767 bits per heavy atom. The second kappa shape index (κ2) is 6.89. The molecule has 0 heterocycles. The van der Waals surface area contributed by atoms with Gasteiger partial charge in [-0.25, -0.2) is 0 Å². The van der Waals surface area contributed by atoms with Crippen molar-refractivity contribution in [1.82, 2.24) is 0 Å². The normalized spacial score (nSPS) is 16.7. The highest BCUT2D eigenvalue weighted by atomic mass is 32.2. The maximum absolute atomic E-state index is 13.3. The van der Waals surface area contributed by atoms with Crippen LogP contribution in [0.5, 0.6) is 0 Å². The lowest BCUT2D eigenvalue weighted by Crippen LogP contribution is -2.75. The quantitative estimate of drug-likeness (QED) is 0.338. The van der Waals surface area contributed by atoms with Crippen LogP contribution in [0.4, 0.5) is 70.2 Å². The molecule has 3 nitrogen and oxygen atoms in total. The summed E-state index contributed by atoms with van der Waals surface area (Å²) in [6.45, 7) is -0.101. The Kier molecular flexibility index (Phi) is 6.62. The van der Waals surface area contributed by atoms with Crippen LogP contribution in [0.15, 0.2) is 0 Å². The van der Waals surface area contributed by atoms with Gasteiger partial charge < -0.3 is 0 Å². The average Bonchev–Trinajstić information content (AvgIpc) is 2.52. The van der Waals surface area contributed by atoms with Crippen molar-refractivity contribution in [3.05, 3.63) is 0 Å². The SMILES string of the molecule is CCC(F)(F)C(F)(F)C(F)(F)C(F)(F)C(F)(F)C(F)(F)C(F)(F)C(F)(F)S(=O)(=O)O. The van der Waals surface area contributed by atoms with Gasteiger partial charge in [-0.1, -0.05) is 6.92 Å². The molecule has 0 bridgehead atoms. The van der Waals surface area contributed by atoms with Crippen LogP contribution in [-0.2, 0) is 10.1 Å². The third-order valence-corrected chi connectivity index (χ3v) is 4.47. The topological polar surface area (TPSA) is 54.4 Å². The molecule has 0 aromatic heterocycles. The number of halogens is 16. The van der Waals surface area contributed by atoms with E-state index in [0.29, 0.717) is 0 Å². The number of alkyl halides is 16. The maximum atomic E-state index is 13.3. The summed E-state index contributed by atoms with van der Waals surface area (Å²) in [7, 11) is -7.84. The summed E-state index contributed by atoms with van der Waals surface area (Å²) >= 11 is 0. The van der Waals surface area contributed by atoms with Gasteiger partial charge in [-0.2, -0.15) is 78.7 Å². The second-order valence-electron chi connectivity index (χ2n) is 5.50. The molecule has 0 fully saturated rings. The molecule has 182 valence electrons. The van der Waals surface area contributed by atoms with Crippen LogP contribution in [0.2, 0.25) is 0 Å². The number of hydrogen-bond donors (Lipinski definition) is 1. The van der Waals surface area contributed by atoms with E-state index in [2.05, 4.69) is 0 Å². The largest absolute Gasteiger partial charge is 0.438 e. The van der Waals surface area contributed by atoms with Crippen molar-refractivity contribution in [2.45, 2.75) is 60.1 Å². The minimum atomic E-state index is -8.73. The fourth-order valence-corrected chi connectivity index (χ4v) is 2.04. The first kappa shape index (κ1) is 28.8. The monoisotopic (exact) mass is 510 g/mol. The Morgan fingerprint density at radius 1 is 0.533 bits per heavy atom. The fourth-order valence-electron chi connectivity index (χ4n) is 1.59. The van der Waals surface area contributed by atoms with E-state index in [1.54, 1.807) is 0 Å². The summed E-state index contributed by atoms with van der Waals surface area (Å²) in [5.74, 6) is -56.6. The Bertz CT molecular complexity index is 755. The van der Waals surface area contributed by atoms with Crippen LogP contribution >= 0.6 is 0 Å². The predicted molar refractivity (Wildman–Crippen MR) is 61.4 cm³/mol. The fraction of sp³-hybridized carbons (Fsp3) is 1.00. The minimum Gasteiger partial charge on any atom is -0.281 e. The second-order valence-corrected chi connectivity index (χ2v) is 6.96. The Balaban J connectivity index is 6.93. The molecule has 0 amide bonds. The van der Waals surface area contributed by atoms with Crippen LogP contribution in [0.25, 0.3) is 0 Å². The summed E-state index contributed by atoms with van der Waals surface area (Å²) in [5.41, 5.74) is 0. The van der Waals surface area contributed by atoms with E-state index in [-0.39, 0.29) is 6.92 Å². The summed E-state index contributed by atoms with van der Waals surface area (Å²) in [4.78, 5) is 0. The van der Waals surface area contributed by atoms with E-state index < -0.39 is 63.3 Å². The van der Waals surface area contributed by atoms with E-state index in [9.17, 15) is 78.7 Å². The predicted octanol–water partition coefficient (Wildman–Crippen LogP) is 5.32. The maximum Gasteiger partial charge on any atom is 0.438 e. The Morgan fingerprint density at radius 3 is 1.00 bits per heavy atom. The van der Waals surface area contributed by atoms with Gasteiger partial charge in [0.15, 0.2) is 0 Å². The highest BCUT2D eigenvalue weighted by Gasteiger charge is 2.95. The van der Waals surface area contributed by atoms with E-state index in [4.69, 9.17) is 4.55 Å². The molecular weight excluding hydrogens is 504 g/mol. The van der Waals surface area contributed by atoms with Crippen molar-refractivity contribution in [3.8, 4) is 0 Å². The molecular formula is C10H6F16O3S. The van der Waals surface area contributed by atoms with Crippen molar-refractivity contribution in [3.63, 3.8) is 0 Å². The lowest BCUT2D eigenvalue weighted by Gasteiger charge is -2.43.